The van der Waals surface area contributed by atoms with Gasteiger partial charge in [0.2, 0.25) is 10.8 Å². The Labute approximate surface area is 92.9 Å². The van der Waals surface area contributed by atoms with Crippen molar-refractivity contribution in [3.05, 3.63) is 35.9 Å². The molecule has 0 amide bonds. The van der Waals surface area contributed by atoms with Crippen LogP contribution in [0, 0.1) is 0 Å². The van der Waals surface area contributed by atoms with E-state index >= 15 is 0 Å². The second-order valence-electron chi connectivity index (χ2n) is 3.20. The molecule has 0 aliphatic carbocycles. The first-order valence-electron chi connectivity index (χ1n) is 4.85. The van der Waals surface area contributed by atoms with Crippen molar-refractivity contribution < 1.29 is 10.00 Å². The van der Waals surface area contributed by atoms with E-state index in [4.69, 9.17) is 11.6 Å². The molecule has 2 rings (SSSR count). The molecule has 0 spiro atoms. The van der Waals surface area contributed by atoms with E-state index in [1.165, 1.54) is 0 Å². The molecule has 2 aromatic heterocycles. The van der Waals surface area contributed by atoms with Crippen molar-refractivity contribution in [2.24, 2.45) is 0 Å². The van der Waals surface area contributed by atoms with Crippen LogP contribution in [0.1, 0.15) is 6.92 Å². The molecule has 0 atom stereocenters. The van der Waals surface area contributed by atoms with E-state index < -0.39 is 0 Å². The number of nitrogens with two attached hydrogens (primary N) is 1. The van der Waals surface area contributed by atoms with Gasteiger partial charge < -0.3 is 5.32 Å². The lowest BCUT2D eigenvalue weighted by molar-refractivity contribution is -0.660. The number of hydrogen-bond acceptors (Lipinski definition) is 1. The molecule has 4 nitrogen and oxygen atoms in total. The standard InChI is InChI=1S/C10H11ClN4/c1-2-13-9-7-15(14-10(9)11)8-4-3-5-12-6-8/h3-7,13H,2H2,1H3/p+2. The molecular formula is C10H13ClN4+2. The number of pyridine rings is 1. The van der Waals surface area contributed by atoms with Crippen LogP contribution in [0.5, 0.6) is 0 Å². The van der Waals surface area contributed by atoms with Crippen LogP contribution in [0.15, 0.2) is 30.7 Å². The Hall–Kier alpha value is -1.39. The average Bonchev–Trinajstić information content (AvgIpc) is 2.63. The first-order chi connectivity index (χ1) is 7.31. The van der Waals surface area contributed by atoms with Gasteiger partial charge in [0.15, 0.2) is 0 Å². The third-order valence-corrected chi connectivity index (χ3v) is 2.39. The van der Waals surface area contributed by atoms with Crippen molar-refractivity contribution in [2.45, 2.75) is 6.92 Å². The number of rotatable bonds is 3. The zero-order valence-corrected chi connectivity index (χ0v) is 9.20. The maximum Gasteiger partial charge on any atom is 0.264 e. The average molecular weight is 225 g/mol. The first kappa shape index (κ1) is 10.1. The highest BCUT2D eigenvalue weighted by Crippen LogP contribution is 2.11. The molecule has 0 fully saturated rings. The van der Waals surface area contributed by atoms with E-state index in [9.17, 15) is 0 Å². The Morgan fingerprint density at radius 1 is 1.60 bits per heavy atom. The number of halogens is 1. The summed E-state index contributed by atoms with van der Waals surface area (Å²) < 4.78 is 1.86. The SMILES string of the molecule is CC[NH2+]c1c[n+](-c2cccnc2)[nH]c1Cl. The fourth-order valence-corrected chi connectivity index (χ4v) is 1.61. The second-order valence-corrected chi connectivity index (χ2v) is 3.58. The molecule has 0 saturated heterocycles. The molecule has 0 unspecified atom stereocenters. The monoisotopic (exact) mass is 224 g/mol. The number of quaternary nitrogens is 1. The van der Waals surface area contributed by atoms with Gasteiger partial charge in [-0.25, -0.2) is 0 Å². The predicted molar refractivity (Wildman–Crippen MR) is 57.3 cm³/mol. The zero-order chi connectivity index (χ0) is 10.7. The Morgan fingerprint density at radius 2 is 2.47 bits per heavy atom. The molecule has 5 heteroatoms. The van der Waals surface area contributed by atoms with Gasteiger partial charge in [0, 0.05) is 12.3 Å². The lowest BCUT2D eigenvalue weighted by Gasteiger charge is -1.87. The van der Waals surface area contributed by atoms with Crippen LogP contribution in [0.25, 0.3) is 5.69 Å². The van der Waals surface area contributed by atoms with Gasteiger partial charge in [0.25, 0.3) is 11.9 Å². The van der Waals surface area contributed by atoms with Crippen molar-refractivity contribution in [3.8, 4) is 5.69 Å². The minimum atomic E-state index is 0.653. The van der Waals surface area contributed by atoms with Gasteiger partial charge in [0.05, 0.1) is 6.54 Å². The largest absolute Gasteiger partial charge is 0.306 e. The molecule has 0 aromatic carbocycles. The maximum absolute atomic E-state index is 6.05. The van der Waals surface area contributed by atoms with Crippen LogP contribution in [0.3, 0.4) is 0 Å². The molecule has 78 valence electrons. The summed E-state index contributed by atoms with van der Waals surface area (Å²) in [7, 11) is 0. The number of aromatic amines is 1. The third kappa shape index (κ3) is 2.16. The third-order valence-electron chi connectivity index (χ3n) is 2.09. The fourth-order valence-electron chi connectivity index (χ4n) is 1.40. The Balaban J connectivity index is 2.34. The van der Waals surface area contributed by atoms with Gasteiger partial charge in [-0.1, -0.05) is 16.3 Å². The number of H-pyrrole nitrogens is 1. The molecule has 0 saturated carbocycles. The summed E-state index contributed by atoms with van der Waals surface area (Å²) in [6.07, 6.45) is 5.49. The van der Waals surface area contributed by atoms with Crippen molar-refractivity contribution in [3.63, 3.8) is 0 Å². The normalized spacial score (nSPS) is 10.5. The highest BCUT2D eigenvalue weighted by Gasteiger charge is 2.17. The van der Waals surface area contributed by atoms with Crippen molar-refractivity contribution in [1.82, 2.24) is 10.1 Å². The van der Waals surface area contributed by atoms with E-state index in [2.05, 4.69) is 22.3 Å². The van der Waals surface area contributed by atoms with Crippen LogP contribution in [-0.2, 0) is 0 Å². The number of nitrogens with one attached hydrogen (secondary N) is 1. The smallest absolute Gasteiger partial charge is 0.264 e. The predicted octanol–water partition coefficient (Wildman–Crippen LogP) is 0.555. The van der Waals surface area contributed by atoms with Crippen molar-refractivity contribution in [1.29, 1.82) is 0 Å². The van der Waals surface area contributed by atoms with Crippen LogP contribution in [-0.4, -0.2) is 16.6 Å². The maximum atomic E-state index is 6.05. The van der Waals surface area contributed by atoms with Crippen LogP contribution in [0.2, 0.25) is 5.15 Å². The van der Waals surface area contributed by atoms with E-state index in [1.807, 2.05) is 23.0 Å². The first-order valence-corrected chi connectivity index (χ1v) is 5.23. The number of aromatic nitrogens is 3. The van der Waals surface area contributed by atoms with Crippen molar-refractivity contribution in [2.75, 3.05) is 6.54 Å². The van der Waals surface area contributed by atoms with Gasteiger partial charge in [-0.15, -0.1) is 5.10 Å². The summed E-state index contributed by atoms with van der Waals surface area (Å²) in [5, 5.41) is 5.79. The minimum absolute atomic E-state index is 0.653. The van der Waals surface area contributed by atoms with E-state index in [0.29, 0.717) is 5.15 Å². The summed E-state index contributed by atoms with van der Waals surface area (Å²) in [4.78, 5) is 4.05. The Bertz CT molecular complexity index is 438. The van der Waals surface area contributed by atoms with E-state index in [1.54, 1.807) is 12.4 Å². The quantitative estimate of drug-likeness (QED) is 0.736. The molecule has 3 N–H and O–H groups in total. The number of hydrogen-bond donors (Lipinski definition) is 2. The Kier molecular flexibility index (Phi) is 2.99. The second kappa shape index (κ2) is 4.42. The summed E-state index contributed by atoms with van der Waals surface area (Å²) in [6.45, 7) is 3.04. The molecule has 0 radical (unpaired) electrons. The summed E-state index contributed by atoms with van der Waals surface area (Å²) in [6, 6.07) is 3.86. The lowest BCUT2D eigenvalue weighted by Crippen LogP contribution is -2.77. The van der Waals surface area contributed by atoms with Crippen LogP contribution >= 0.6 is 11.6 Å². The Morgan fingerprint density at radius 3 is 3.13 bits per heavy atom. The van der Waals surface area contributed by atoms with Gasteiger partial charge >= 0.3 is 0 Å². The molecule has 0 aliphatic rings. The van der Waals surface area contributed by atoms with E-state index in [-0.39, 0.29) is 0 Å². The van der Waals surface area contributed by atoms with E-state index in [0.717, 1.165) is 17.9 Å². The molecule has 15 heavy (non-hydrogen) atoms. The molecule has 2 heterocycles. The summed E-state index contributed by atoms with van der Waals surface area (Å²) in [5.41, 5.74) is 1.98. The van der Waals surface area contributed by atoms with Crippen molar-refractivity contribution >= 4 is 17.3 Å². The highest BCUT2D eigenvalue weighted by molar-refractivity contribution is 6.31. The summed E-state index contributed by atoms with van der Waals surface area (Å²) in [5.74, 6) is 0. The number of nitrogens with zero attached hydrogens (tertiary/aromatic N) is 2. The van der Waals surface area contributed by atoms with Gasteiger partial charge in [-0.2, -0.15) is 0 Å². The fraction of sp³-hybridized carbons (Fsp3) is 0.200. The van der Waals surface area contributed by atoms with Gasteiger partial charge in [0.1, 0.15) is 6.20 Å². The van der Waals surface area contributed by atoms with Crippen LogP contribution in [0.4, 0.5) is 5.69 Å². The summed E-state index contributed by atoms with van der Waals surface area (Å²) >= 11 is 6.05. The molecule has 0 bridgehead atoms. The van der Waals surface area contributed by atoms with Gasteiger partial charge in [-0.05, 0) is 13.0 Å². The van der Waals surface area contributed by atoms with Crippen LogP contribution < -0.4 is 10.00 Å². The topological polar surface area (TPSA) is 49.2 Å². The highest BCUT2D eigenvalue weighted by atomic mass is 35.5. The van der Waals surface area contributed by atoms with Gasteiger partial charge in [-0.3, -0.25) is 4.98 Å². The molecule has 0 aliphatic heterocycles. The molecule has 2 aromatic rings. The lowest BCUT2D eigenvalue weighted by atomic mass is 10.4. The minimum Gasteiger partial charge on any atom is -0.306 e. The molecular weight excluding hydrogens is 212 g/mol. The zero-order valence-electron chi connectivity index (χ0n) is 8.44.